The van der Waals surface area contributed by atoms with Gasteiger partial charge in [-0.1, -0.05) is 6.07 Å². The van der Waals surface area contributed by atoms with Gasteiger partial charge in [-0.3, -0.25) is 19.3 Å². The molecule has 1 unspecified atom stereocenters. The molecule has 1 fully saturated rings. The maximum absolute atomic E-state index is 12.6. The monoisotopic (exact) mass is 441 g/mol. The van der Waals surface area contributed by atoms with Crippen LogP contribution in [0.15, 0.2) is 28.8 Å². The standard InChI is InChI=1S/C17H19N3O5S3/c18-10(6-26)11(21)4-8-7-28-16-13(15(23)20(16)14(8)17(24)25)19-12(22)5-9-2-1-3-27-9/h1-3,10,13,16,26H,4-7,18H2,(H,19,22)(H,24,25)/t10-,13?,16-/m1/s1. The van der Waals surface area contributed by atoms with Crippen LogP contribution < -0.4 is 11.1 Å². The molecule has 3 heterocycles. The van der Waals surface area contributed by atoms with E-state index < -0.39 is 29.3 Å². The van der Waals surface area contributed by atoms with E-state index in [2.05, 4.69) is 17.9 Å². The Morgan fingerprint density at radius 1 is 1.39 bits per heavy atom. The van der Waals surface area contributed by atoms with Crippen molar-refractivity contribution in [3.8, 4) is 0 Å². The number of rotatable bonds is 8. The lowest BCUT2D eigenvalue weighted by Crippen LogP contribution is -2.70. The number of aliphatic carboxylic acids is 1. The van der Waals surface area contributed by atoms with Crippen LogP contribution in [0.1, 0.15) is 11.3 Å². The number of carbonyl (C=O) groups is 4. The third-order valence-corrected chi connectivity index (χ3v) is 7.09. The molecule has 3 rings (SSSR count). The van der Waals surface area contributed by atoms with E-state index in [-0.39, 0.29) is 41.7 Å². The predicted octanol–water partition coefficient (Wildman–Crippen LogP) is 0.246. The second kappa shape index (κ2) is 8.68. The number of ketones is 1. The number of thiol groups is 1. The van der Waals surface area contributed by atoms with Gasteiger partial charge in [0.25, 0.3) is 5.91 Å². The maximum Gasteiger partial charge on any atom is 0.352 e. The summed E-state index contributed by atoms with van der Waals surface area (Å²) in [6, 6.07) is 2.11. The van der Waals surface area contributed by atoms with Gasteiger partial charge in [0.15, 0.2) is 5.78 Å². The number of hydrogen-bond donors (Lipinski definition) is 4. The summed E-state index contributed by atoms with van der Waals surface area (Å²) in [4.78, 5) is 50.6. The van der Waals surface area contributed by atoms with E-state index in [9.17, 15) is 24.3 Å². The van der Waals surface area contributed by atoms with E-state index >= 15 is 0 Å². The first-order chi connectivity index (χ1) is 13.3. The number of thiophene rings is 1. The highest BCUT2D eigenvalue weighted by Crippen LogP contribution is 2.41. The second-order valence-corrected chi connectivity index (χ2v) is 8.90. The van der Waals surface area contributed by atoms with Crippen LogP contribution in [0.2, 0.25) is 0 Å². The molecule has 1 aromatic rings. The van der Waals surface area contributed by atoms with Gasteiger partial charge in [0.1, 0.15) is 17.1 Å². The van der Waals surface area contributed by atoms with Crippen molar-refractivity contribution in [2.75, 3.05) is 11.5 Å². The molecule has 2 aliphatic heterocycles. The summed E-state index contributed by atoms with van der Waals surface area (Å²) in [7, 11) is 0. The van der Waals surface area contributed by atoms with Crippen molar-refractivity contribution in [3.63, 3.8) is 0 Å². The Morgan fingerprint density at radius 3 is 2.75 bits per heavy atom. The molecule has 1 saturated heterocycles. The first-order valence-corrected chi connectivity index (χ1v) is 11.0. The summed E-state index contributed by atoms with van der Waals surface area (Å²) < 4.78 is 0. The van der Waals surface area contributed by atoms with Crippen molar-refractivity contribution >= 4 is 59.3 Å². The van der Waals surface area contributed by atoms with E-state index in [1.807, 2.05) is 17.5 Å². The minimum atomic E-state index is -1.27. The number of thioether (sulfide) groups is 1. The summed E-state index contributed by atoms with van der Waals surface area (Å²) in [6.45, 7) is 0. The van der Waals surface area contributed by atoms with Crippen LogP contribution in [0.4, 0.5) is 0 Å². The average Bonchev–Trinajstić information content (AvgIpc) is 3.17. The van der Waals surface area contributed by atoms with Crippen LogP contribution >= 0.6 is 35.7 Å². The number of amides is 2. The van der Waals surface area contributed by atoms with Gasteiger partial charge in [-0.15, -0.1) is 23.1 Å². The minimum Gasteiger partial charge on any atom is -0.477 e. The molecule has 2 amide bonds. The Balaban J connectivity index is 1.71. The Bertz CT molecular complexity index is 839. The van der Waals surface area contributed by atoms with Crippen LogP contribution in [-0.4, -0.2) is 62.5 Å². The van der Waals surface area contributed by atoms with Crippen LogP contribution in [0.25, 0.3) is 0 Å². The Kier molecular flexibility index (Phi) is 6.48. The van der Waals surface area contributed by atoms with E-state index in [1.54, 1.807) is 0 Å². The molecule has 150 valence electrons. The van der Waals surface area contributed by atoms with E-state index in [0.29, 0.717) is 5.57 Å². The molecule has 11 heteroatoms. The number of carbonyl (C=O) groups excluding carboxylic acids is 3. The normalized spacial score (nSPS) is 22.4. The van der Waals surface area contributed by atoms with Gasteiger partial charge in [-0.25, -0.2) is 4.79 Å². The van der Waals surface area contributed by atoms with Crippen molar-refractivity contribution in [1.29, 1.82) is 0 Å². The van der Waals surface area contributed by atoms with Crippen LogP contribution in [-0.2, 0) is 25.6 Å². The molecule has 1 aromatic heterocycles. The molecule has 4 N–H and O–H groups in total. The molecule has 3 atom stereocenters. The fourth-order valence-corrected chi connectivity index (χ4v) is 5.31. The number of hydrogen-bond acceptors (Lipinski definition) is 8. The molecule has 0 radical (unpaired) electrons. The third-order valence-electron chi connectivity index (χ3n) is 4.48. The molecular weight excluding hydrogens is 422 g/mol. The molecular formula is C17H19N3O5S3. The Hall–Kier alpha value is -1.82. The lowest BCUT2D eigenvalue weighted by Gasteiger charge is -2.49. The quantitative estimate of drug-likeness (QED) is 0.336. The Labute approximate surface area is 174 Å². The molecule has 0 spiro atoms. The SMILES string of the molecule is N[C@H](CS)C(=O)CC1=C(C(=O)O)N2C(=O)C(NC(=O)Cc3cccs3)[C@H]2SC1. The van der Waals surface area contributed by atoms with Gasteiger partial charge in [0, 0.05) is 22.8 Å². The molecule has 8 nitrogen and oxygen atoms in total. The highest BCUT2D eigenvalue weighted by Gasteiger charge is 2.54. The number of nitrogens with two attached hydrogens (primary N) is 1. The van der Waals surface area contributed by atoms with Crippen molar-refractivity contribution in [2.45, 2.75) is 30.3 Å². The van der Waals surface area contributed by atoms with Crippen molar-refractivity contribution in [1.82, 2.24) is 10.2 Å². The van der Waals surface area contributed by atoms with Crippen LogP contribution in [0.5, 0.6) is 0 Å². The zero-order valence-electron chi connectivity index (χ0n) is 14.7. The van der Waals surface area contributed by atoms with E-state index in [1.165, 1.54) is 23.1 Å². The van der Waals surface area contributed by atoms with Gasteiger partial charge >= 0.3 is 5.97 Å². The largest absolute Gasteiger partial charge is 0.477 e. The van der Waals surface area contributed by atoms with Gasteiger partial charge in [-0.2, -0.15) is 12.6 Å². The van der Waals surface area contributed by atoms with Crippen molar-refractivity contribution in [2.24, 2.45) is 5.73 Å². The van der Waals surface area contributed by atoms with Crippen molar-refractivity contribution in [3.05, 3.63) is 33.7 Å². The number of β-lactam (4-membered cyclic amide) rings is 1. The molecule has 0 aromatic carbocycles. The summed E-state index contributed by atoms with van der Waals surface area (Å²) in [5, 5.41) is 13.6. The van der Waals surface area contributed by atoms with E-state index in [0.717, 1.165) is 9.78 Å². The summed E-state index contributed by atoms with van der Waals surface area (Å²) in [5.74, 6) is -1.94. The highest BCUT2D eigenvalue weighted by atomic mass is 32.2. The summed E-state index contributed by atoms with van der Waals surface area (Å²) in [6.07, 6.45) is 0.0318. The number of carboxylic acid groups (broad SMARTS) is 1. The zero-order chi connectivity index (χ0) is 20.4. The fraction of sp³-hybridized carbons (Fsp3) is 0.412. The van der Waals surface area contributed by atoms with Crippen LogP contribution in [0, 0.1) is 0 Å². The minimum absolute atomic E-state index is 0.137. The summed E-state index contributed by atoms with van der Waals surface area (Å²) >= 11 is 6.75. The third kappa shape index (κ3) is 4.12. The number of Topliss-reactive ketones (excluding diaryl/α,β-unsaturated/α-hetero) is 1. The Morgan fingerprint density at radius 2 is 2.14 bits per heavy atom. The first-order valence-electron chi connectivity index (χ1n) is 8.44. The van der Waals surface area contributed by atoms with Crippen LogP contribution in [0.3, 0.4) is 0 Å². The maximum atomic E-state index is 12.6. The molecule has 2 aliphatic rings. The van der Waals surface area contributed by atoms with Crippen molar-refractivity contribution < 1.29 is 24.3 Å². The highest BCUT2D eigenvalue weighted by molar-refractivity contribution is 8.00. The average molecular weight is 442 g/mol. The molecule has 0 bridgehead atoms. The number of fused-ring (bicyclic) bond motifs is 1. The van der Waals surface area contributed by atoms with Gasteiger partial charge in [0.05, 0.1) is 12.5 Å². The fourth-order valence-electron chi connectivity index (χ4n) is 3.06. The lowest BCUT2D eigenvalue weighted by molar-refractivity contribution is -0.150. The number of nitrogens with one attached hydrogen (secondary N) is 1. The lowest BCUT2D eigenvalue weighted by atomic mass is 9.99. The number of carboxylic acids is 1. The predicted molar refractivity (Wildman–Crippen MR) is 109 cm³/mol. The van der Waals surface area contributed by atoms with Gasteiger partial charge < -0.3 is 16.2 Å². The first kappa shape index (κ1) is 20.9. The smallest absolute Gasteiger partial charge is 0.352 e. The summed E-state index contributed by atoms with van der Waals surface area (Å²) in [5.41, 5.74) is 5.83. The molecule has 0 saturated carbocycles. The second-order valence-electron chi connectivity index (χ2n) is 6.40. The van der Waals surface area contributed by atoms with Gasteiger partial charge in [-0.05, 0) is 17.0 Å². The topological polar surface area (TPSA) is 130 Å². The molecule has 28 heavy (non-hydrogen) atoms. The molecule has 0 aliphatic carbocycles. The van der Waals surface area contributed by atoms with Gasteiger partial charge in [0.2, 0.25) is 5.91 Å². The number of nitrogens with zero attached hydrogens (tertiary/aromatic N) is 1. The van der Waals surface area contributed by atoms with E-state index in [4.69, 9.17) is 5.73 Å². The zero-order valence-corrected chi connectivity index (χ0v) is 17.2.